The Kier molecular flexibility index (Phi) is 3.96. The van der Waals surface area contributed by atoms with Crippen LogP contribution in [0.1, 0.15) is 36.0 Å². The van der Waals surface area contributed by atoms with E-state index >= 15 is 0 Å². The van der Waals surface area contributed by atoms with E-state index in [1.807, 2.05) is 4.90 Å². The van der Waals surface area contributed by atoms with Crippen LogP contribution in [0.5, 0.6) is 0 Å². The van der Waals surface area contributed by atoms with E-state index < -0.39 is 5.95 Å². The number of halogens is 1. The fraction of sp³-hybridized carbons (Fsp3) is 0.600. The number of piperazine rings is 1. The Hall–Kier alpha value is -1.49. The summed E-state index contributed by atoms with van der Waals surface area (Å²) in [6.45, 7) is 3.41. The van der Waals surface area contributed by atoms with Crippen LogP contribution in [0.25, 0.3) is 0 Å². The molecule has 1 aromatic heterocycles. The van der Waals surface area contributed by atoms with Gasteiger partial charge in [0.1, 0.15) is 0 Å². The summed E-state index contributed by atoms with van der Waals surface area (Å²) in [7, 11) is 0. The lowest BCUT2D eigenvalue weighted by Gasteiger charge is -2.38. The monoisotopic (exact) mass is 277 g/mol. The van der Waals surface area contributed by atoms with Gasteiger partial charge in [0.2, 0.25) is 5.95 Å². The molecule has 1 aliphatic heterocycles. The summed E-state index contributed by atoms with van der Waals surface area (Å²) in [5, 5.41) is 0. The molecule has 0 radical (unpaired) electrons. The second-order valence-corrected chi connectivity index (χ2v) is 5.64. The average Bonchev–Trinajstić information content (AvgIpc) is 3.02. The molecule has 1 aromatic rings. The molecule has 1 amide bonds. The van der Waals surface area contributed by atoms with Gasteiger partial charge in [0.05, 0.1) is 5.56 Å². The van der Waals surface area contributed by atoms with Crippen molar-refractivity contribution in [3.05, 3.63) is 29.8 Å². The van der Waals surface area contributed by atoms with Crippen LogP contribution in [0, 0.1) is 5.95 Å². The van der Waals surface area contributed by atoms with E-state index in [1.165, 1.54) is 44.0 Å². The third kappa shape index (κ3) is 2.82. The van der Waals surface area contributed by atoms with Crippen molar-refractivity contribution in [1.29, 1.82) is 0 Å². The first-order valence-corrected chi connectivity index (χ1v) is 7.39. The molecule has 4 nitrogen and oxygen atoms in total. The number of hydrogen-bond donors (Lipinski definition) is 0. The largest absolute Gasteiger partial charge is 0.336 e. The van der Waals surface area contributed by atoms with E-state index in [4.69, 9.17) is 0 Å². The zero-order valence-corrected chi connectivity index (χ0v) is 11.6. The van der Waals surface area contributed by atoms with E-state index in [-0.39, 0.29) is 5.91 Å². The van der Waals surface area contributed by atoms with Crippen molar-refractivity contribution in [2.45, 2.75) is 31.7 Å². The standard InChI is InChI=1S/C15H20FN3O/c16-14-6-5-12(11-17-14)15(20)19-9-7-18(8-10-19)13-3-1-2-4-13/h5-6,11,13H,1-4,7-10H2. The smallest absolute Gasteiger partial charge is 0.255 e. The maximum Gasteiger partial charge on any atom is 0.255 e. The first kappa shape index (κ1) is 13.5. The highest BCUT2D eigenvalue weighted by molar-refractivity contribution is 5.93. The zero-order chi connectivity index (χ0) is 13.9. The third-order valence-electron chi connectivity index (χ3n) is 4.42. The number of carbonyl (C=O) groups is 1. The van der Waals surface area contributed by atoms with Crippen molar-refractivity contribution >= 4 is 5.91 Å². The van der Waals surface area contributed by atoms with Gasteiger partial charge in [-0.15, -0.1) is 0 Å². The molecule has 0 atom stereocenters. The quantitative estimate of drug-likeness (QED) is 0.775. The molecule has 5 heteroatoms. The molecular formula is C15H20FN3O. The minimum absolute atomic E-state index is 0.0384. The highest BCUT2D eigenvalue weighted by Gasteiger charge is 2.28. The molecular weight excluding hydrogens is 257 g/mol. The van der Waals surface area contributed by atoms with E-state index in [1.54, 1.807) is 0 Å². The van der Waals surface area contributed by atoms with Gasteiger partial charge in [-0.2, -0.15) is 4.39 Å². The van der Waals surface area contributed by atoms with Crippen molar-refractivity contribution in [3.8, 4) is 0 Å². The summed E-state index contributed by atoms with van der Waals surface area (Å²) >= 11 is 0. The number of nitrogens with zero attached hydrogens (tertiary/aromatic N) is 3. The summed E-state index contributed by atoms with van der Waals surface area (Å²) in [4.78, 5) is 20.2. The Labute approximate surface area is 118 Å². The Morgan fingerprint density at radius 1 is 1.15 bits per heavy atom. The van der Waals surface area contributed by atoms with Gasteiger partial charge in [-0.05, 0) is 25.0 Å². The molecule has 0 unspecified atom stereocenters. The topological polar surface area (TPSA) is 36.4 Å². The van der Waals surface area contributed by atoms with Crippen LogP contribution in [-0.4, -0.2) is 52.9 Å². The fourth-order valence-corrected chi connectivity index (χ4v) is 3.24. The second-order valence-electron chi connectivity index (χ2n) is 5.64. The van der Waals surface area contributed by atoms with Crippen LogP contribution in [0.3, 0.4) is 0 Å². The van der Waals surface area contributed by atoms with Gasteiger partial charge >= 0.3 is 0 Å². The SMILES string of the molecule is O=C(c1ccc(F)nc1)N1CCN(C2CCCC2)CC1. The fourth-order valence-electron chi connectivity index (χ4n) is 3.24. The van der Waals surface area contributed by atoms with Crippen LogP contribution in [0.2, 0.25) is 0 Å². The maximum absolute atomic E-state index is 12.8. The molecule has 0 spiro atoms. The van der Waals surface area contributed by atoms with Gasteiger partial charge in [-0.1, -0.05) is 12.8 Å². The first-order chi connectivity index (χ1) is 9.74. The van der Waals surface area contributed by atoms with Crippen LogP contribution in [-0.2, 0) is 0 Å². The third-order valence-corrected chi connectivity index (χ3v) is 4.42. The summed E-state index contributed by atoms with van der Waals surface area (Å²) in [6.07, 6.45) is 6.60. The molecule has 2 heterocycles. The number of amides is 1. The summed E-state index contributed by atoms with van der Waals surface area (Å²) in [5.74, 6) is -0.587. The maximum atomic E-state index is 12.8. The molecule has 20 heavy (non-hydrogen) atoms. The Bertz CT molecular complexity index is 463. The highest BCUT2D eigenvalue weighted by Crippen LogP contribution is 2.24. The van der Waals surface area contributed by atoms with Crippen LogP contribution < -0.4 is 0 Å². The van der Waals surface area contributed by atoms with Crippen molar-refractivity contribution in [2.75, 3.05) is 26.2 Å². The van der Waals surface area contributed by atoms with Gasteiger partial charge in [-0.3, -0.25) is 9.69 Å². The van der Waals surface area contributed by atoms with Gasteiger partial charge in [0.25, 0.3) is 5.91 Å². The zero-order valence-electron chi connectivity index (χ0n) is 11.6. The molecule has 0 aromatic carbocycles. The van der Waals surface area contributed by atoms with Gasteiger partial charge in [0, 0.05) is 38.4 Å². The lowest BCUT2D eigenvalue weighted by atomic mass is 10.1. The van der Waals surface area contributed by atoms with Gasteiger partial charge in [0.15, 0.2) is 0 Å². The Morgan fingerprint density at radius 3 is 2.45 bits per heavy atom. The van der Waals surface area contributed by atoms with Crippen molar-refractivity contribution in [3.63, 3.8) is 0 Å². The van der Waals surface area contributed by atoms with Crippen LogP contribution >= 0.6 is 0 Å². The van der Waals surface area contributed by atoms with Crippen molar-refractivity contribution in [2.24, 2.45) is 0 Å². The lowest BCUT2D eigenvalue weighted by Crippen LogP contribution is -2.51. The molecule has 0 N–H and O–H groups in total. The summed E-state index contributed by atoms with van der Waals surface area (Å²) in [6, 6.07) is 3.47. The highest BCUT2D eigenvalue weighted by atomic mass is 19.1. The van der Waals surface area contributed by atoms with E-state index in [0.717, 1.165) is 32.2 Å². The minimum Gasteiger partial charge on any atom is -0.336 e. The van der Waals surface area contributed by atoms with E-state index in [0.29, 0.717) is 5.56 Å². The average molecular weight is 277 g/mol. The molecule has 1 saturated heterocycles. The Morgan fingerprint density at radius 2 is 1.85 bits per heavy atom. The number of aromatic nitrogens is 1. The predicted molar refractivity (Wildman–Crippen MR) is 73.9 cm³/mol. The number of rotatable bonds is 2. The summed E-state index contributed by atoms with van der Waals surface area (Å²) in [5.41, 5.74) is 0.473. The first-order valence-electron chi connectivity index (χ1n) is 7.39. The molecule has 2 aliphatic rings. The normalized spacial score (nSPS) is 21.4. The lowest BCUT2D eigenvalue weighted by molar-refractivity contribution is 0.0573. The molecule has 108 valence electrons. The van der Waals surface area contributed by atoms with Crippen LogP contribution in [0.4, 0.5) is 4.39 Å². The van der Waals surface area contributed by atoms with Crippen molar-refractivity contribution in [1.82, 2.24) is 14.8 Å². The molecule has 3 rings (SSSR count). The Balaban J connectivity index is 1.57. The van der Waals surface area contributed by atoms with E-state index in [9.17, 15) is 9.18 Å². The minimum atomic E-state index is -0.549. The van der Waals surface area contributed by atoms with Gasteiger partial charge in [-0.25, -0.2) is 4.98 Å². The molecule has 1 aliphatic carbocycles. The molecule has 0 bridgehead atoms. The molecule has 1 saturated carbocycles. The number of carbonyl (C=O) groups excluding carboxylic acids is 1. The summed E-state index contributed by atoms with van der Waals surface area (Å²) < 4.78 is 12.8. The number of hydrogen-bond acceptors (Lipinski definition) is 3. The van der Waals surface area contributed by atoms with Gasteiger partial charge < -0.3 is 4.90 Å². The predicted octanol–water partition coefficient (Wildman–Crippen LogP) is 1.92. The van der Waals surface area contributed by atoms with Crippen LogP contribution in [0.15, 0.2) is 18.3 Å². The van der Waals surface area contributed by atoms with Crippen molar-refractivity contribution < 1.29 is 9.18 Å². The van der Waals surface area contributed by atoms with E-state index in [2.05, 4.69) is 9.88 Å². The number of pyridine rings is 1. The molecule has 2 fully saturated rings. The second kappa shape index (κ2) is 5.87.